The largest absolute Gasteiger partial charge is 0.394 e. The Morgan fingerprint density at radius 3 is 2.58 bits per heavy atom. The van der Waals surface area contributed by atoms with E-state index in [4.69, 9.17) is 9.84 Å². The number of ether oxygens (including phenoxy) is 1. The molecule has 132 valence electrons. The molecule has 0 radical (unpaired) electrons. The van der Waals surface area contributed by atoms with E-state index >= 15 is 0 Å². The molecule has 24 heavy (non-hydrogen) atoms. The highest BCUT2D eigenvalue weighted by Crippen LogP contribution is 2.28. The third-order valence-electron chi connectivity index (χ3n) is 4.10. The molecule has 0 aromatic carbocycles. The van der Waals surface area contributed by atoms with E-state index in [2.05, 4.69) is 15.3 Å². The molecular formula is C13H19N5O6. The zero-order valence-corrected chi connectivity index (χ0v) is 12.8. The SMILES string of the molecule is O=c1[nH]c(=O)n(C2OC(CO)C(O)C2O)cc1N=NN1CCCC1. The molecule has 0 spiro atoms. The van der Waals surface area contributed by atoms with Crippen molar-refractivity contribution in [2.75, 3.05) is 19.7 Å². The number of aliphatic hydroxyl groups is 3. The molecule has 2 saturated heterocycles. The normalized spacial score (nSPS) is 30.5. The maximum absolute atomic E-state index is 12.0. The van der Waals surface area contributed by atoms with Crippen LogP contribution in [0, 0.1) is 0 Å². The van der Waals surface area contributed by atoms with Crippen LogP contribution in [0.25, 0.3) is 0 Å². The quantitative estimate of drug-likeness (QED) is 0.473. The van der Waals surface area contributed by atoms with Crippen molar-refractivity contribution in [3.05, 3.63) is 27.0 Å². The maximum atomic E-state index is 12.0. The Kier molecular flexibility index (Phi) is 4.76. The Bertz CT molecular complexity index is 724. The zero-order chi connectivity index (χ0) is 17.3. The Labute approximate surface area is 135 Å². The lowest BCUT2D eigenvalue weighted by atomic mass is 10.1. The van der Waals surface area contributed by atoms with Crippen LogP contribution in [0.1, 0.15) is 19.1 Å². The van der Waals surface area contributed by atoms with Crippen LogP contribution in [0.5, 0.6) is 0 Å². The number of aromatic nitrogens is 2. The molecule has 2 aliphatic heterocycles. The number of H-pyrrole nitrogens is 1. The van der Waals surface area contributed by atoms with Crippen LogP contribution in [-0.4, -0.2) is 67.9 Å². The lowest BCUT2D eigenvalue weighted by Crippen LogP contribution is -2.37. The molecule has 3 rings (SSSR count). The molecule has 1 aromatic rings. The predicted octanol–water partition coefficient (Wildman–Crippen LogP) is -1.76. The number of hydrogen-bond acceptors (Lipinski definition) is 8. The highest BCUT2D eigenvalue weighted by molar-refractivity contribution is 5.28. The van der Waals surface area contributed by atoms with Gasteiger partial charge in [0, 0.05) is 19.3 Å². The number of rotatable bonds is 4. The minimum absolute atomic E-state index is 0.126. The Hall–Kier alpha value is -2.08. The number of aromatic amines is 1. The average Bonchev–Trinajstić information content (AvgIpc) is 3.17. The van der Waals surface area contributed by atoms with Crippen LogP contribution >= 0.6 is 0 Å². The number of hydrogen-bond donors (Lipinski definition) is 4. The minimum atomic E-state index is -1.44. The molecule has 0 saturated carbocycles. The number of nitrogens with one attached hydrogen (secondary N) is 1. The van der Waals surface area contributed by atoms with E-state index in [-0.39, 0.29) is 5.69 Å². The topological polar surface area (TPSA) is 153 Å². The summed E-state index contributed by atoms with van der Waals surface area (Å²) in [7, 11) is 0. The maximum Gasteiger partial charge on any atom is 0.330 e. The average molecular weight is 341 g/mol. The van der Waals surface area contributed by atoms with Crippen molar-refractivity contribution in [1.29, 1.82) is 0 Å². The molecule has 0 aliphatic carbocycles. The third kappa shape index (κ3) is 3.11. The summed E-state index contributed by atoms with van der Waals surface area (Å²) in [4.78, 5) is 25.9. The van der Waals surface area contributed by atoms with Gasteiger partial charge in [-0.1, -0.05) is 5.22 Å². The van der Waals surface area contributed by atoms with E-state index in [0.717, 1.165) is 36.7 Å². The van der Waals surface area contributed by atoms with Crippen molar-refractivity contribution >= 4 is 5.69 Å². The predicted molar refractivity (Wildman–Crippen MR) is 79.7 cm³/mol. The summed E-state index contributed by atoms with van der Waals surface area (Å²) < 4.78 is 6.20. The third-order valence-corrected chi connectivity index (χ3v) is 4.10. The molecule has 2 aliphatic rings. The van der Waals surface area contributed by atoms with Gasteiger partial charge in [0.05, 0.1) is 6.61 Å². The fraction of sp³-hybridized carbons (Fsp3) is 0.692. The van der Waals surface area contributed by atoms with Crippen LogP contribution in [0.2, 0.25) is 0 Å². The van der Waals surface area contributed by atoms with Crippen LogP contribution in [0.4, 0.5) is 5.69 Å². The second-order valence-electron chi connectivity index (χ2n) is 5.76. The molecule has 11 nitrogen and oxygen atoms in total. The number of nitrogens with zero attached hydrogens (tertiary/aromatic N) is 4. The fourth-order valence-corrected chi connectivity index (χ4v) is 2.75. The monoisotopic (exact) mass is 341 g/mol. The van der Waals surface area contributed by atoms with Gasteiger partial charge < -0.3 is 20.1 Å². The first-order chi connectivity index (χ1) is 11.5. The summed E-state index contributed by atoms with van der Waals surface area (Å²) in [6.07, 6.45) is -1.96. The number of aliphatic hydroxyl groups excluding tert-OH is 3. The van der Waals surface area contributed by atoms with Gasteiger partial charge in [0.25, 0.3) is 5.56 Å². The molecule has 0 amide bonds. The van der Waals surface area contributed by atoms with Crippen LogP contribution in [0.15, 0.2) is 26.1 Å². The first-order valence-electron chi connectivity index (χ1n) is 7.66. The Morgan fingerprint density at radius 2 is 1.96 bits per heavy atom. The molecule has 11 heteroatoms. The van der Waals surface area contributed by atoms with Crippen LogP contribution in [-0.2, 0) is 4.74 Å². The van der Waals surface area contributed by atoms with Crippen molar-refractivity contribution in [1.82, 2.24) is 14.6 Å². The van der Waals surface area contributed by atoms with Crippen molar-refractivity contribution in [3.63, 3.8) is 0 Å². The highest BCUT2D eigenvalue weighted by Gasteiger charge is 2.43. The summed E-state index contributed by atoms with van der Waals surface area (Å²) in [5.41, 5.74) is -1.67. The van der Waals surface area contributed by atoms with Gasteiger partial charge >= 0.3 is 5.69 Å². The summed E-state index contributed by atoms with van der Waals surface area (Å²) in [6, 6.07) is 0. The van der Waals surface area contributed by atoms with E-state index < -0.39 is 42.4 Å². The van der Waals surface area contributed by atoms with Crippen molar-refractivity contribution in [3.8, 4) is 0 Å². The van der Waals surface area contributed by atoms with Crippen molar-refractivity contribution in [2.24, 2.45) is 10.3 Å². The van der Waals surface area contributed by atoms with Gasteiger partial charge in [0.1, 0.15) is 18.3 Å². The van der Waals surface area contributed by atoms with Gasteiger partial charge in [-0.3, -0.25) is 19.4 Å². The lowest BCUT2D eigenvalue weighted by Gasteiger charge is -2.17. The highest BCUT2D eigenvalue weighted by atomic mass is 16.6. The van der Waals surface area contributed by atoms with Gasteiger partial charge in [0.15, 0.2) is 11.9 Å². The molecule has 4 atom stereocenters. The standard InChI is InChI=1S/C13H19N5O6/c19-6-8-9(20)10(21)12(24-8)18-5-7(11(22)14-13(18)23)15-16-17-3-1-2-4-17/h5,8-10,12,19-21H,1-4,6H2,(H,14,22,23). The Balaban J connectivity index is 1.90. The summed E-state index contributed by atoms with van der Waals surface area (Å²) in [5, 5.41) is 38.4. The van der Waals surface area contributed by atoms with E-state index in [0.29, 0.717) is 0 Å². The molecule has 1 aromatic heterocycles. The summed E-state index contributed by atoms with van der Waals surface area (Å²) >= 11 is 0. The first kappa shape index (κ1) is 16.8. The second kappa shape index (κ2) is 6.81. The Morgan fingerprint density at radius 1 is 1.25 bits per heavy atom. The first-order valence-corrected chi connectivity index (χ1v) is 7.66. The molecular weight excluding hydrogens is 322 g/mol. The molecule has 4 unspecified atom stereocenters. The summed E-state index contributed by atoms with van der Waals surface area (Å²) in [5.74, 6) is 0. The minimum Gasteiger partial charge on any atom is -0.394 e. The smallest absolute Gasteiger partial charge is 0.330 e. The van der Waals surface area contributed by atoms with E-state index in [9.17, 15) is 19.8 Å². The van der Waals surface area contributed by atoms with Crippen molar-refractivity contribution in [2.45, 2.75) is 37.4 Å². The second-order valence-corrected chi connectivity index (χ2v) is 5.76. The van der Waals surface area contributed by atoms with Crippen LogP contribution in [0.3, 0.4) is 0 Å². The van der Waals surface area contributed by atoms with Gasteiger partial charge in [-0.25, -0.2) is 4.79 Å². The van der Waals surface area contributed by atoms with Gasteiger partial charge in [0.2, 0.25) is 0 Å². The summed E-state index contributed by atoms with van der Waals surface area (Å²) in [6.45, 7) is 0.972. The van der Waals surface area contributed by atoms with E-state index in [1.165, 1.54) is 0 Å². The molecule has 0 bridgehead atoms. The van der Waals surface area contributed by atoms with E-state index in [1.807, 2.05) is 0 Å². The van der Waals surface area contributed by atoms with Crippen LogP contribution < -0.4 is 11.2 Å². The lowest BCUT2D eigenvalue weighted by molar-refractivity contribution is -0.0549. The zero-order valence-electron chi connectivity index (χ0n) is 12.8. The molecule has 4 N–H and O–H groups in total. The van der Waals surface area contributed by atoms with Crippen molar-refractivity contribution < 1.29 is 20.1 Å². The van der Waals surface area contributed by atoms with Gasteiger partial charge in [-0.05, 0) is 12.8 Å². The molecule has 2 fully saturated rings. The van der Waals surface area contributed by atoms with Gasteiger partial charge in [-0.2, -0.15) is 0 Å². The fourth-order valence-electron chi connectivity index (χ4n) is 2.75. The van der Waals surface area contributed by atoms with E-state index in [1.54, 1.807) is 5.01 Å². The van der Waals surface area contributed by atoms with Gasteiger partial charge in [-0.15, -0.1) is 5.11 Å². The molecule has 3 heterocycles.